The summed E-state index contributed by atoms with van der Waals surface area (Å²) in [6, 6.07) is 19.4. The number of carbonyl (C=O) groups is 1. The van der Waals surface area contributed by atoms with Crippen LogP contribution in [-0.4, -0.2) is 21.5 Å². The van der Waals surface area contributed by atoms with Gasteiger partial charge in [0.15, 0.2) is 0 Å². The van der Waals surface area contributed by atoms with E-state index < -0.39 is 16.8 Å². The summed E-state index contributed by atoms with van der Waals surface area (Å²) < 4.78 is 19.1. The molecule has 5 heteroatoms. The van der Waals surface area contributed by atoms with Crippen molar-refractivity contribution in [1.29, 1.82) is 0 Å². The van der Waals surface area contributed by atoms with Gasteiger partial charge in [-0.2, -0.15) is 0 Å². The molecule has 0 aliphatic rings. The van der Waals surface area contributed by atoms with Crippen LogP contribution < -0.4 is 4.74 Å². The number of unbranched alkanes of at least 4 members (excludes halogenated alkanes) is 1. The molecule has 0 amide bonds. The molecule has 1 N–H and O–H groups in total. The van der Waals surface area contributed by atoms with Gasteiger partial charge in [-0.3, -0.25) is 4.21 Å². The van der Waals surface area contributed by atoms with Crippen LogP contribution >= 0.6 is 0 Å². The summed E-state index contributed by atoms with van der Waals surface area (Å²) >= 11 is 0. The van der Waals surface area contributed by atoms with Crippen molar-refractivity contribution in [3.63, 3.8) is 0 Å². The molecule has 0 saturated carbocycles. The molecule has 0 radical (unpaired) electrons. The number of ether oxygens (including phenoxy) is 1. The average molecular weight is 465 g/mol. The second kappa shape index (κ2) is 11.3. The zero-order chi connectivity index (χ0) is 24.0. The van der Waals surface area contributed by atoms with E-state index in [2.05, 4.69) is 26.0 Å². The average Bonchev–Trinajstić information content (AvgIpc) is 2.82. The van der Waals surface area contributed by atoms with Gasteiger partial charge in [-0.1, -0.05) is 68.8 Å². The SMILES string of the molecule is CCCCc1cc(C(C)Oc2c(-c3ccccc3CC)cccc2S(C)=O)ccc1C(=O)O. The Labute approximate surface area is 199 Å². The van der Waals surface area contributed by atoms with Gasteiger partial charge in [0.05, 0.1) is 21.3 Å². The molecule has 174 valence electrons. The first-order chi connectivity index (χ1) is 15.9. The Morgan fingerprint density at radius 2 is 1.73 bits per heavy atom. The molecular formula is C28H32O4S. The number of rotatable bonds is 10. The summed E-state index contributed by atoms with van der Waals surface area (Å²) in [6.07, 6.45) is 4.82. The van der Waals surface area contributed by atoms with Crippen LogP contribution in [0, 0.1) is 0 Å². The van der Waals surface area contributed by atoms with E-state index in [0.717, 1.165) is 41.5 Å². The number of hydrogen-bond donors (Lipinski definition) is 1. The maximum absolute atomic E-state index is 12.6. The van der Waals surface area contributed by atoms with Gasteiger partial charge < -0.3 is 9.84 Å². The van der Waals surface area contributed by atoms with Crippen molar-refractivity contribution in [3.05, 3.63) is 82.9 Å². The summed E-state index contributed by atoms with van der Waals surface area (Å²) in [7, 11) is -1.23. The Morgan fingerprint density at radius 3 is 2.39 bits per heavy atom. The monoisotopic (exact) mass is 464 g/mol. The fourth-order valence-corrected chi connectivity index (χ4v) is 4.75. The molecule has 0 aromatic heterocycles. The third-order valence-electron chi connectivity index (χ3n) is 5.90. The van der Waals surface area contributed by atoms with Crippen LogP contribution in [0.15, 0.2) is 65.6 Å². The van der Waals surface area contributed by atoms with E-state index in [0.29, 0.717) is 22.6 Å². The Balaban J connectivity index is 2.06. The zero-order valence-corrected chi connectivity index (χ0v) is 20.6. The fourth-order valence-electron chi connectivity index (χ4n) is 4.06. The standard InChI is InChI=1S/C28H32O4S/c1-5-7-11-22-18-21(16-17-24(22)28(29)30)19(3)32-27-25(14-10-15-26(27)33(4)31)23-13-9-8-12-20(23)6-2/h8-10,12-19H,5-7,11H2,1-4H3,(H,29,30). The van der Waals surface area contributed by atoms with Crippen molar-refractivity contribution in [1.82, 2.24) is 0 Å². The molecule has 0 heterocycles. The number of carboxylic acids is 1. The number of aromatic carboxylic acids is 1. The summed E-state index contributed by atoms with van der Waals surface area (Å²) in [5, 5.41) is 9.57. The highest BCUT2D eigenvalue weighted by atomic mass is 32.2. The van der Waals surface area contributed by atoms with Gasteiger partial charge >= 0.3 is 5.97 Å². The predicted molar refractivity (Wildman–Crippen MR) is 135 cm³/mol. The minimum atomic E-state index is -1.23. The van der Waals surface area contributed by atoms with Gasteiger partial charge in [0.1, 0.15) is 11.9 Å². The molecular weight excluding hydrogens is 432 g/mol. The Morgan fingerprint density at radius 1 is 1.00 bits per heavy atom. The maximum atomic E-state index is 12.6. The molecule has 33 heavy (non-hydrogen) atoms. The molecule has 4 nitrogen and oxygen atoms in total. The molecule has 3 aromatic rings. The van der Waals surface area contributed by atoms with Crippen LogP contribution in [0.3, 0.4) is 0 Å². The number of hydrogen-bond acceptors (Lipinski definition) is 3. The lowest BCUT2D eigenvalue weighted by atomic mass is 9.96. The molecule has 2 atom stereocenters. The van der Waals surface area contributed by atoms with Gasteiger partial charge in [-0.15, -0.1) is 0 Å². The van der Waals surface area contributed by atoms with Crippen LogP contribution in [0.25, 0.3) is 11.1 Å². The van der Waals surface area contributed by atoms with Crippen molar-refractivity contribution < 1.29 is 18.8 Å². The number of benzene rings is 3. The quantitative estimate of drug-likeness (QED) is 0.357. The van der Waals surface area contributed by atoms with Crippen LogP contribution in [0.1, 0.15) is 66.8 Å². The van der Waals surface area contributed by atoms with Crippen LogP contribution in [0.2, 0.25) is 0 Å². The summed E-state index contributed by atoms with van der Waals surface area (Å²) in [4.78, 5) is 12.3. The smallest absolute Gasteiger partial charge is 0.335 e. The van der Waals surface area contributed by atoms with Crippen LogP contribution in [0.5, 0.6) is 5.75 Å². The topological polar surface area (TPSA) is 63.6 Å². The number of aryl methyl sites for hydroxylation is 2. The second-order valence-electron chi connectivity index (χ2n) is 8.18. The largest absolute Gasteiger partial charge is 0.484 e. The van der Waals surface area contributed by atoms with E-state index >= 15 is 0 Å². The molecule has 3 rings (SSSR count). The molecule has 0 spiro atoms. The maximum Gasteiger partial charge on any atom is 0.335 e. The lowest BCUT2D eigenvalue weighted by molar-refractivity contribution is 0.0695. The zero-order valence-electron chi connectivity index (χ0n) is 19.8. The van der Waals surface area contributed by atoms with Gasteiger partial charge in [0.2, 0.25) is 0 Å². The Hall–Kier alpha value is -2.92. The highest BCUT2D eigenvalue weighted by molar-refractivity contribution is 7.84. The number of para-hydroxylation sites is 1. The first-order valence-corrected chi connectivity index (χ1v) is 13.0. The summed E-state index contributed by atoms with van der Waals surface area (Å²) in [6.45, 7) is 6.16. The van der Waals surface area contributed by atoms with Crippen molar-refractivity contribution in [3.8, 4) is 16.9 Å². The van der Waals surface area contributed by atoms with E-state index in [4.69, 9.17) is 4.74 Å². The van der Waals surface area contributed by atoms with Crippen LogP contribution in [0.4, 0.5) is 0 Å². The first kappa shape index (κ1) is 24.7. The van der Waals surface area contributed by atoms with Gasteiger partial charge in [0.25, 0.3) is 0 Å². The molecule has 3 aromatic carbocycles. The van der Waals surface area contributed by atoms with E-state index in [1.165, 1.54) is 5.56 Å². The normalized spacial score (nSPS) is 12.8. The van der Waals surface area contributed by atoms with Crippen LogP contribution in [-0.2, 0) is 23.6 Å². The Bertz CT molecular complexity index is 1150. The minimum absolute atomic E-state index is 0.340. The molecule has 0 aliphatic heterocycles. The number of carboxylic acid groups (broad SMARTS) is 1. The second-order valence-corrected chi connectivity index (χ2v) is 9.53. The Kier molecular flexibility index (Phi) is 8.45. The van der Waals surface area contributed by atoms with E-state index in [9.17, 15) is 14.1 Å². The molecule has 0 aliphatic carbocycles. The highest BCUT2D eigenvalue weighted by Gasteiger charge is 2.20. The first-order valence-electron chi connectivity index (χ1n) is 11.4. The third kappa shape index (κ3) is 5.72. The van der Waals surface area contributed by atoms with Crippen molar-refractivity contribution in [2.45, 2.75) is 57.5 Å². The van der Waals surface area contributed by atoms with Gasteiger partial charge in [-0.25, -0.2) is 4.79 Å². The molecule has 0 bridgehead atoms. The van der Waals surface area contributed by atoms with Gasteiger partial charge in [0, 0.05) is 11.8 Å². The lowest BCUT2D eigenvalue weighted by Gasteiger charge is -2.22. The predicted octanol–water partition coefficient (Wildman–Crippen LogP) is 6.83. The van der Waals surface area contributed by atoms with Crippen molar-refractivity contribution >= 4 is 16.8 Å². The summed E-state index contributed by atoms with van der Waals surface area (Å²) in [5.74, 6) is -0.296. The van der Waals surface area contributed by atoms with Crippen molar-refractivity contribution in [2.75, 3.05) is 6.26 Å². The summed E-state index contributed by atoms with van der Waals surface area (Å²) in [5.41, 5.74) is 5.24. The van der Waals surface area contributed by atoms with E-state index in [1.54, 1.807) is 12.3 Å². The van der Waals surface area contributed by atoms with E-state index in [-0.39, 0.29) is 6.10 Å². The fraction of sp³-hybridized carbons (Fsp3) is 0.321. The molecule has 2 unspecified atom stereocenters. The lowest BCUT2D eigenvalue weighted by Crippen LogP contribution is -2.10. The molecule has 0 fully saturated rings. The molecule has 0 saturated heterocycles. The van der Waals surface area contributed by atoms with Crippen molar-refractivity contribution in [2.24, 2.45) is 0 Å². The van der Waals surface area contributed by atoms with E-state index in [1.807, 2.05) is 49.4 Å². The highest BCUT2D eigenvalue weighted by Crippen LogP contribution is 2.39. The third-order valence-corrected chi connectivity index (χ3v) is 6.84. The van der Waals surface area contributed by atoms with Gasteiger partial charge in [-0.05, 0) is 60.6 Å². The minimum Gasteiger partial charge on any atom is -0.484 e.